The lowest BCUT2D eigenvalue weighted by atomic mass is 9.92. The molecule has 0 aliphatic rings. The van der Waals surface area contributed by atoms with Crippen LogP contribution in [0.15, 0.2) is 0 Å². The van der Waals surface area contributed by atoms with Gasteiger partial charge in [-0.15, -0.1) is 0 Å². The van der Waals surface area contributed by atoms with Crippen LogP contribution in [0.2, 0.25) is 0 Å². The molecular weight excluding hydrogens is 584 g/mol. The van der Waals surface area contributed by atoms with Crippen molar-refractivity contribution in [1.82, 2.24) is 0 Å². The maximum Gasteiger partial charge on any atom is 0.305 e. The third kappa shape index (κ3) is 32.9. The highest BCUT2D eigenvalue weighted by Gasteiger charge is 2.12. The van der Waals surface area contributed by atoms with E-state index in [0.29, 0.717) is 56.5 Å². The number of hydrogen-bond acceptors (Lipinski definition) is 5. The number of ketones is 1. The lowest BCUT2D eigenvalue weighted by molar-refractivity contribution is -0.145. The lowest BCUT2D eigenvalue weighted by Gasteiger charge is -2.16. The van der Waals surface area contributed by atoms with Gasteiger partial charge in [-0.05, 0) is 50.4 Å². The molecular formula is C42H80O5. The van der Waals surface area contributed by atoms with Crippen molar-refractivity contribution in [1.29, 1.82) is 0 Å². The average molecular weight is 665 g/mol. The van der Waals surface area contributed by atoms with Crippen LogP contribution in [0.3, 0.4) is 0 Å². The first-order chi connectivity index (χ1) is 23.0. The van der Waals surface area contributed by atoms with Crippen molar-refractivity contribution in [2.24, 2.45) is 11.8 Å². The third-order valence-corrected chi connectivity index (χ3v) is 9.87. The summed E-state index contributed by atoms with van der Waals surface area (Å²) in [5.41, 5.74) is 0. The zero-order valence-corrected chi connectivity index (χ0v) is 32.0. The number of carbonyl (C=O) groups is 3. The van der Waals surface area contributed by atoms with Crippen molar-refractivity contribution in [2.75, 3.05) is 13.2 Å². The van der Waals surface area contributed by atoms with Crippen LogP contribution >= 0.6 is 0 Å². The second-order valence-electron chi connectivity index (χ2n) is 14.5. The summed E-state index contributed by atoms with van der Waals surface area (Å²) in [5.74, 6) is 1.59. The van der Waals surface area contributed by atoms with Crippen LogP contribution in [0.5, 0.6) is 0 Å². The Bertz CT molecular complexity index is 685. The maximum atomic E-state index is 12.3. The van der Waals surface area contributed by atoms with Gasteiger partial charge in [0.25, 0.3) is 0 Å². The lowest BCUT2D eigenvalue weighted by Crippen LogP contribution is -2.10. The topological polar surface area (TPSA) is 69.7 Å². The van der Waals surface area contributed by atoms with Crippen molar-refractivity contribution >= 4 is 17.7 Å². The molecule has 0 aliphatic heterocycles. The van der Waals surface area contributed by atoms with E-state index in [1.165, 1.54) is 109 Å². The Morgan fingerprint density at radius 1 is 0.362 bits per heavy atom. The predicted octanol–water partition coefficient (Wildman–Crippen LogP) is 13.0. The summed E-state index contributed by atoms with van der Waals surface area (Å²) in [6, 6.07) is 0. The summed E-state index contributed by atoms with van der Waals surface area (Å²) in [5, 5.41) is 0. The summed E-state index contributed by atoms with van der Waals surface area (Å²) in [4.78, 5) is 36.6. The number of carbonyl (C=O) groups excluding carboxylic acids is 3. The number of esters is 2. The fourth-order valence-electron chi connectivity index (χ4n) is 6.61. The van der Waals surface area contributed by atoms with E-state index >= 15 is 0 Å². The Hall–Kier alpha value is -1.39. The minimum Gasteiger partial charge on any atom is -0.466 e. The van der Waals surface area contributed by atoms with Crippen LogP contribution in [-0.4, -0.2) is 30.9 Å². The molecule has 0 aromatic rings. The summed E-state index contributed by atoms with van der Waals surface area (Å²) in [6.07, 6.45) is 33.7. The smallest absolute Gasteiger partial charge is 0.305 e. The number of unbranched alkanes of at least 4 members (excludes halogenated alkanes) is 15. The largest absolute Gasteiger partial charge is 0.466 e. The molecule has 0 aliphatic carbocycles. The van der Waals surface area contributed by atoms with Gasteiger partial charge in [0.2, 0.25) is 0 Å². The minimum absolute atomic E-state index is 0.0271. The van der Waals surface area contributed by atoms with Gasteiger partial charge in [-0.1, -0.05) is 163 Å². The first-order valence-corrected chi connectivity index (χ1v) is 20.8. The molecule has 0 aromatic carbocycles. The van der Waals surface area contributed by atoms with Crippen molar-refractivity contribution < 1.29 is 23.9 Å². The highest BCUT2D eigenvalue weighted by Crippen LogP contribution is 2.22. The van der Waals surface area contributed by atoms with E-state index in [4.69, 9.17) is 9.47 Å². The molecule has 0 fully saturated rings. The SMILES string of the molecule is CCCCCC(CCCCC)CCOC(=O)CCCCCCCCCC(=O)CCCCC(=O)OCCC(CCCCC)CCCCC. The monoisotopic (exact) mass is 665 g/mol. The van der Waals surface area contributed by atoms with Crippen LogP contribution in [0.4, 0.5) is 0 Å². The molecule has 0 aromatic heterocycles. The number of Topliss-reactive ketones (excluding diaryl/α,β-unsaturated/α-hetero) is 1. The molecule has 0 unspecified atom stereocenters. The van der Waals surface area contributed by atoms with Crippen molar-refractivity contribution in [2.45, 2.75) is 227 Å². The van der Waals surface area contributed by atoms with Gasteiger partial charge in [-0.3, -0.25) is 14.4 Å². The summed E-state index contributed by atoms with van der Waals surface area (Å²) in [7, 11) is 0. The fourth-order valence-corrected chi connectivity index (χ4v) is 6.61. The molecule has 0 rings (SSSR count). The molecule has 5 heteroatoms. The molecule has 47 heavy (non-hydrogen) atoms. The Morgan fingerprint density at radius 3 is 1.02 bits per heavy atom. The van der Waals surface area contributed by atoms with E-state index < -0.39 is 0 Å². The molecule has 0 amide bonds. The highest BCUT2D eigenvalue weighted by molar-refractivity contribution is 5.78. The molecule has 278 valence electrons. The van der Waals surface area contributed by atoms with E-state index in [1.807, 2.05) is 0 Å². The molecule has 0 atom stereocenters. The highest BCUT2D eigenvalue weighted by atomic mass is 16.5. The number of ether oxygens (including phenoxy) is 2. The first kappa shape index (κ1) is 45.6. The van der Waals surface area contributed by atoms with Crippen LogP contribution in [0.25, 0.3) is 0 Å². The van der Waals surface area contributed by atoms with Gasteiger partial charge < -0.3 is 9.47 Å². The zero-order chi connectivity index (χ0) is 34.6. The van der Waals surface area contributed by atoms with Gasteiger partial charge >= 0.3 is 11.9 Å². The summed E-state index contributed by atoms with van der Waals surface area (Å²) in [6.45, 7) is 10.1. The quantitative estimate of drug-likeness (QED) is 0.0488. The molecule has 0 radical (unpaired) electrons. The first-order valence-electron chi connectivity index (χ1n) is 20.8. The minimum atomic E-state index is -0.102. The zero-order valence-electron chi connectivity index (χ0n) is 32.0. The van der Waals surface area contributed by atoms with Gasteiger partial charge in [0.15, 0.2) is 0 Å². The standard InChI is InChI=1S/C42H80O5/c1-5-9-18-26-38(27-19-10-6-2)34-36-46-41(44)32-23-17-15-13-14-16-22-30-40(43)31-24-25-33-42(45)47-37-35-39(28-20-11-7-3)29-21-12-8-4/h38-39H,5-37H2,1-4H3. The Morgan fingerprint density at radius 2 is 0.660 bits per heavy atom. The van der Waals surface area contributed by atoms with Crippen molar-refractivity contribution in [3.8, 4) is 0 Å². The predicted molar refractivity (Wildman–Crippen MR) is 200 cm³/mol. The van der Waals surface area contributed by atoms with E-state index in [0.717, 1.165) is 64.2 Å². The summed E-state index contributed by atoms with van der Waals surface area (Å²) < 4.78 is 11.1. The second-order valence-corrected chi connectivity index (χ2v) is 14.5. The van der Waals surface area contributed by atoms with Gasteiger partial charge in [0.05, 0.1) is 13.2 Å². The van der Waals surface area contributed by atoms with E-state index in [1.54, 1.807) is 0 Å². The summed E-state index contributed by atoms with van der Waals surface area (Å²) >= 11 is 0. The maximum absolute atomic E-state index is 12.3. The second kappa shape index (κ2) is 35.9. The van der Waals surface area contributed by atoms with Crippen molar-refractivity contribution in [3.05, 3.63) is 0 Å². The Balaban J connectivity index is 3.72. The van der Waals surface area contributed by atoms with Gasteiger partial charge in [0.1, 0.15) is 5.78 Å². The molecule has 0 spiro atoms. The van der Waals surface area contributed by atoms with Crippen LogP contribution < -0.4 is 0 Å². The van der Waals surface area contributed by atoms with Crippen molar-refractivity contribution in [3.63, 3.8) is 0 Å². The van der Waals surface area contributed by atoms with E-state index in [9.17, 15) is 14.4 Å². The Labute approximate surface area is 292 Å². The number of hydrogen-bond donors (Lipinski definition) is 0. The van der Waals surface area contributed by atoms with Crippen LogP contribution in [0.1, 0.15) is 227 Å². The fraction of sp³-hybridized carbons (Fsp3) is 0.929. The van der Waals surface area contributed by atoms with Crippen LogP contribution in [-0.2, 0) is 23.9 Å². The third-order valence-electron chi connectivity index (χ3n) is 9.87. The molecule has 0 saturated heterocycles. The Kier molecular flexibility index (Phi) is 34.8. The van der Waals surface area contributed by atoms with Gasteiger partial charge in [-0.25, -0.2) is 0 Å². The molecule has 0 saturated carbocycles. The molecule has 0 bridgehead atoms. The molecule has 0 N–H and O–H groups in total. The molecule has 5 nitrogen and oxygen atoms in total. The average Bonchev–Trinajstić information content (AvgIpc) is 3.06. The van der Waals surface area contributed by atoms with E-state index in [-0.39, 0.29) is 11.9 Å². The number of rotatable bonds is 37. The van der Waals surface area contributed by atoms with E-state index in [2.05, 4.69) is 27.7 Å². The normalized spacial score (nSPS) is 11.4. The molecule has 0 heterocycles. The van der Waals surface area contributed by atoms with Gasteiger partial charge in [0, 0.05) is 25.7 Å². The van der Waals surface area contributed by atoms with Crippen LogP contribution in [0, 0.1) is 11.8 Å². The van der Waals surface area contributed by atoms with Gasteiger partial charge in [-0.2, -0.15) is 0 Å².